The lowest BCUT2D eigenvalue weighted by molar-refractivity contribution is 0.178. The van der Waals surface area contributed by atoms with Gasteiger partial charge in [0.1, 0.15) is 0 Å². The number of nitrogens with zero attached hydrogens (tertiary/aromatic N) is 1. The SMILES string of the molecule is CCN(Cc1ccccc1C#CCCO)CC1CCC1. The lowest BCUT2D eigenvalue weighted by Crippen LogP contribution is -2.32. The van der Waals surface area contributed by atoms with E-state index in [1.807, 2.05) is 6.07 Å². The molecule has 0 amide bonds. The normalized spacial score (nSPS) is 14.8. The Kier molecular flexibility index (Phi) is 6.11. The molecule has 20 heavy (non-hydrogen) atoms. The summed E-state index contributed by atoms with van der Waals surface area (Å²) in [5.74, 6) is 7.12. The summed E-state index contributed by atoms with van der Waals surface area (Å²) in [4.78, 5) is 2.52. The third-order valence-electron chi connectivity index (χ3n) is 4.06. The van der Waals surface area contributed by atoms with E-state index in [2.05, 4.69) is 41.9 Å². The van der Waals surface area contributed by atoms with Crippen molar-refractivity contribution in [1.29, 1.82) is 0 Å². The van der Waals surface area contributed by atoms with Gasteiger partial charge < -0.3 is 5.11 Å². The third kappa shape index (κ3) is 4.37. The second-order valence-electron chi connectivity index (χ2n) is 5.56. The fourth-order valence-corrected chi connectivity index (χ4v) is 2.58. The van der Waals surface area contributed by atoms with Crippen LogP contribution >= 0.6 is 0 Å². The van der Waals surface area contributed by atoms with Crippen LogP contribution in [0.5, 0.6) is 0 Å². The summed E-state index contributed by atoms with van der Waals surface area (Å²) in [5, 5.41) is 8.82. The molecule has 0 radical (unpaired) electrons. The Morgan fingerprint density at radius 2 is 2.10 bits per heavy atom. The minimum Gasteiger partial charge on any atom is -0.395 e. The molecule has 0 heterocycles. The molecule has 2 nitrogen and oxygen atoms in total. The van der Waals surface area contributed by atoms with Crippen LogP contribution in [-0.4, -0.2) is 29.7 Å². The lowest BCUT2D eigenvalue weighted by atomic mass is 9.85. The Morgan fingerprint density at radius 1 is 1.30 bits per heavy atom. The van der Waals surface area contributed by atoms with E-state index in [0.717, 1.165) is 24.6 Å². The molecule has 2 rings (SSSR count). The summed E-state index contributed by atoms with van der Waals surface area (Å²) in [6.45, 7) is 5.66. The molecule has 0 atom stereocenters. The van der Waals surface area contributed by atoms with Crippen molar-refractivity contribution in [2.45, 2.75) is 39.2 Å². The molecule has 108 valence electrons. The maximum absolute atomic E-state index is 8.82. The van der Waals surface area contributed by atoms with E-state index in [1.165, 1.54) is 31.4 Å². The fraction of sp³-hybridized carbons (Fsp3) is 0.556. The van der Waals surface area contributed by atoms with E-state index < -0.39 is 0 Å². The molecule has 0 bridgehead atoms. The van der Waals surface area contributed by atoms with E-state index in [9.17, 15) is 0 Å². The van der Waals surface area contributed by atoms with E-state index >= 15 is 0 Å². The summed E-state index contributed by atoms with van der Waals surface area (Å²) in [5.41, 5.74) is 2.41. The van der Waals surface area contributed by atoms with Gasteiger partial charge in [-0.2, -0.15) is 0 Å². The van der Waals surface area contributed by atoms with Crippen LogP contribution in [0.2, 0.25) is 0 Å². The van der Waals surface area contributed by atoms with Gasteiger partial charge in [-0.1, -0.05) is 43.4 Å². The van der Waals surface area contributed by atoms with Crippen LogP contribution in [-0.2, 0) is 6.54 Å². The van der Waals surface area contributed by atoms with Crippen LogP contribution in [0.1, 0.15) is 43.7 Å². The Balaban J connectivity index is 2.01. The Labute approximate surface area is 122 Å². The predicted octanol–water partition coefficient (Wildman–Crippen LogP) is 3.04. The summed E-state index contributed by atoms with van der Waals surface area (Å²) < 4.78 is 0. The minimum absolute atomic E-state index is 0.137. The molecule has 0 saturated heterocycles. The molecular formula is C18H25NO. The molecule has 0 unspecified atom stereocenters. The molecule has 1 aromatic rings. The second kappa shape index (κ2) is 8.09. The van der Waals surface area contributed by atoms with Crippen molar-refractivity contribution in [3.63, 3.8) is 0 Å². The van der Waals surface area contributed by atoms with Gasteiger partial charge in [0.05, 0.1) is 6.61 Å². The first-order chi connectivity index (χ1) is 9.83. The fourth-order valence-electron chi connectivity index (χ4n) is 2.58. The predicted molar refractivity (Wildman–Crippen MR) is 83.3 cm³/mol. The molecule has 2 heteroatoms. The zero-order valence-electron chi connectivity index (χ0n) is 12.4. The number of benzene rings is 1. The second-order valence-corrected chi connectivity index (χ2v) is 5.56. The highest BCUT2D eigenvalue weighted by molar-refractivity contribution is 5.41. The third-order valence-corrected chi connectivity index (χ3v) is 4.06. The molecule has 1 aliphatic carbocycles. The standard InChI is InChI=1S/C18H25NO/c1-2-19(14-16-8-7-9-16)15-18-12-4-3-10-17(18)11-5-6-13-20/h3-4,10,12,16,20H,2,6-9,13-15H2,1H3. The van der Waals surface area contributed by atoms with Crippen molar-refractivity contribution in [1.82, 2.24) is 4.90 Å². The van der Waals surface area contributed by atoms with Crippen molar-refractivity contribution in [3.8, 4) is 11.8 Å². The highest BCUT2D eigenvalue weighted by Crippen LogP contribution is 2.27. The zero-order chi connectivity index (χ0) is 14.2. The number of aliphatic hydroxyl groups excluding tert-OH is 1. The van der Waals surface area contributed by atoms with Gasteiger partial charge in [-0.25, -0.2) is 0 Å². The van der Waals surface area contributed by atoms with E-state index in [0.29, 0.717) is 6.42 Å². The topological polar surface area (TPSA) is 23.5 Å². The number of aliphatic hydroxyl groups is 1. The van der Waals surface area contributed by atoms with Crippen LogP contribution < -0.4 is 0 Å². The van der Waals surface area contributed by atoms with Crippen molar-refractivity contribution < 1.29 is 5.11 Å². The maximum Gasteiger partial charge on any atom is 0.0540 e. The van der Waals surface area contributed by atoms with Crippen molar-refractivity contribution in [2.24, 2.45) is 5.92 Å². The Bertz CT molecular complexity index is 468. The first-order valence-corrected chi connectivity index (χ1v) is 7.73. The van der Waals surface area contributed by atoms with Crippen LogP contribution in [0.25, 0.3) is 0 Å². The highest BCUT2D eigenvalue weighted by atomic mass is 16.2. The van der Waals surface area contributed by atoms with Crippen LogP contribution in [0.15, 0.2) is 24.3 Å². The van der Waals surface area contributed by atoms with Gasteiger partial charge in [-0.05, 0) is 36.9 Å². The average molecular weight is 271 g/mol. The summed E-state index contributed by atoms with van der Waals surface area (Å²) >= 11 is 0. The largest absolute Gasteiger partial charge is 0.395 e. The van der Waals surface area contributed by atoms with Gasteiger partial charge in [-0.15, -0.1) is 0 Å². The molecule has 0 aliphatic heterocycles. The van der Waals surface area contributed by atoms with Gasteiger partial charge in [0, 0.05) is 25.1 Å². The van der Waals surface area contributed by atoms with Crippen LogP contribution in [0, 0.1) is 17.8 Å². The molecule has 1 N–H and O–H groups in total. The lowest BCUT2D eigenvalue weighted by Gasteiger charge is -2.32. The van der Waals surface area contributed by atoms with Gasteiger partial charge in [0.2, 0.25) is 0 Å². The van der Waals surface area contributed by atoms with E-state index in [-0.39, 0.29) is 6.61 Å². The molecule has 1 saturated carbocycles. The Hall–Kier alpha value is -1.30. The molecule has 1 aliphatic rings. The van der Waals surface area contributed by atoms with Crippen molar-refractivity contribution in [2.75, 3.05) is 19.7 Å². The zero-order valence-corrected chi connectivity index (χ0v) is 12.4. The molecule has 0 spiro atoms. The van der Waals surface area contributed by atoms with Crippen molar-refractivity contribution in [3.05, 3.63) is 35.4 Å². The van der Waals surface area contributed by atoms with Crippen LogP contribution in [0.4, 0.5) is 0 Å². The first-order valence-electron chi connectivity index (χ1n) is 7.73. The average Bonchev–Trinajstić information content (AvgIpc) is 2.43. The molecule has 1 aromatic carbocycles. The van der Waals surface area contributed by atoms with Gasteiger partial charge in [0.15, 0.2) is 0 Å². The van der Waals surface area contributed by atoms with E-state index in [4.69, 9.17) is 5.11 Å². The van der Waals surface area contributed by atoms with Gasteiger partial charge >= 0.3 is 0 Å². The molecule has 0 aromatic heterocycles. The first kappa shape index (κ1) is 15.1. The maximum atomic E-state index is 8.82. The minimum atomic E-state index is 0.137. The smallest absolute Gasteiger partial charge is 0.0540 e. The van der Waals surface area contributed by atoms with Crippen molar-refractivity contribution >= 4 is 0 Å². The quantitative estimate of drug-likeness (QED) is 0.804. The molecular weight excluding hydrogens is 246 g/mol. The van der Waals surface area contributed by atoms with E-state index in [1.54, 1.807) is 0 Å². The number of hydrogen-bond donors (Lipinski definition) is 1. The monoisotopic (exact) mass is 271 g/mol. The summed E-state index contributed by atoms with van der Waals surface area (Å²) in [6.07, 6.45) is 4.75. The van der Waals surface area contributed by atoms with Gasteiger partial charge in [-0.3, -0.25) is 4.90 Å². The Morgan fingerprint density at radius 3 is 2.75 bits per heavy atom. The summed E-state index contributed by atoms with van der Waals surface area (Å²) in [6, 6.07) is 8.38. The summed E-state index contributed by atoms with van der Waals surface area (Å²) in [7, 11) is 0. The number of rotatable bonds is 6. The highest BCUT2D eigenvalue weighted by Gasteiger charge is 2.20. The van der Waals surface area contributed by atoms with Gasteiger partial charge in [0.25, 0.3) is 0 Å². The number of hydrogen-bond acceptors (Lipinski definition) is 2. The van der Waals surface area contributed by atoms with Crippen LogP contribution in [0.3, 0.4) is 0 Å². The molecule has 1 fully saturated rings.